The number of H-pyrrole nitrogens is 1. The first-order valence-electron chi connectivity index (χ1n) is 4.74. The van der Waals surface area contributed by atoms with Gasteiger partial charge in [0, 0.05) is 34.2 Å². The van der Waals surface area contributed by atoms with Crippen LogP contribution >= 0.6 is 11.6 Å². The van der Waals surface area contributed by atoms with E-state index in [-0.39, 0.29) is 6.54 Å². The lowest BCUT2D eigenvalue weighted by Crippen LogP contribution is -2.30. The van der Waals surface area contributed by atoms with Gasteiger partial charge in [-0.1, -0.05) is 17.7 Å². The summed E-state index contributed by atoms with van der Waals surface area (Å²) >= 11 is 5.87. The van der Waals surface area contributed by atoms with Gasteiger partial charge in [0.25, 0.3) is 0 Å². The molecule has 0 aliphatic rings. The van der Waals surface area contributed by atoms with Crippen molar-refractivity contribution >= 4 is 22.5 Å². The van der Waals surface area contributed by atoms with Gasteiger partial charge in [-0.25, -0.2) is 0 Å². The van der Waals surface area contributed by atoms with E-state index in [1.54, 1.807) is 19.2 Å². The van der Waals surface area contributed by atoms with E-state index in [1.165, 1.54) is 0 Å². The summed E-state index contributed by atoms with van der Waals surface area (Å²) in [6.45, 7) is 1.88. The van der Waals surface area contributed by atoms with E-state index in [0.717, 1.165) is 16.5 Å². The molecule has 15 heavy (non-hydrogen) atoms. The van der Waals surface area contributed by atoms with Crippen molar-refractivity contribution < 1.29 is 5.11 Å². The van der Waals surface area contributed by atoms with E-state index >= 15 is 0 Å². The number of hydrogen-bond acceptors (Lipinski definition) is 2. The zero-order valence-electron chi connectivity index (χ0n) is 8.42. The van der Waals surface area contributed by atoms with Crippen LogP contribution in [0.3, 0.4) is 0 Å². The summed E-state index contributed by atoms with van der Waals surface area (Å²) in [7, 11) is 0. The van der Waals surface area contributed by atoms with Gasteiger partial charge in [0.1, 0.15) is 5.60 Å². The Morgan fingerprint density at radius 1 is 1.53 bits per heavy atom. The van der Waals surface area contributed by atoms with Crippen LogP contribution in [-0.4, -0.2) is 16.6 Å². The van der Waals surface area contributed by atoms with Crippen LogP contribution in [0.1, 0.15) is 12.5 Å². The molecular formula is C11H13ClN2O. The van der Waals surface area contributed by atoms with Crippen LogP contribution in [-0.2, 0) is 5.60 Å². The van der Waals surface area contributed by atoms with Gasteiger partial charge in [-0.2, -0.15) is 0 Å². The summed E-state index contributed by atoms with van der Waals surface area (Å²) in [6, 6.07) is 5.51. The molecule has 1 heterocycles. The Hall–Kier alpha value is -1.03. The summed E-state index contributed by atoms with van der Waals surface area (Å²) in [5.41, 5.74) is 6.23. The Kier molecular flexibility index (Phi) is 2.46. The quantitative estimate of drug-likeness (QED) is 0.731. The summed E-state index contributed by atoms with van der Waals surface area (Å²) in [4.78, 5) is 3.07. The standard InChI is InChI=1S/C11H13ClN2O/c1-11(15,6-13)9-5-14-10-4-7(12)2-3-8(9)10/h2-5,14-15H,6,13H2,1H3. The van der Waals surface area contributed by atoms with Crippen molar-refractivity contribution in [2.75, 3.05) is 6.54 Å². The molecule has 0 radical (unpaired) electrons. The van der Waals surface area contributed by atoms with Crippen molar-refractivity contribution in [2.24, 2.45) is 5.73 Å². The van der Waals surface area contributed by atoms with E-state index in [0.29, 0.717) is 5.02 Å². The topological polar surface area (TPSA) is 62.0 Å². The number of fused-ring (bicyclic) bond motifs is 1. The molecule has 0 saturated carbocycles. The number of benzene rings is 1. The van der Waals surface area contributed by atoms with Crippen molar-refractivity contribution in [3.63, 3.8) is 0 Å². The second kappa shape index (κ2) is 3.52. The highest BCUT2D eigenvalue weighted by molar-refractivity contribution is 6.31. The predicted octanol–water partition coefficient (Wildman–Crippen LogP) is 1.99. The van der Waals surface area contributed by atoms with Crippen molar-refractivity contribution in [1.82, 2.24) is 4.98 Å². The first-order chi connectivity index (χ1) is 7.04. The van der Waals surface area contributed by atoms with Gasteiger partial charge in [0.2, 0.25) is 0 Å². The molecule has 80 valence electrons. The minimum absolute atomic E-state index is 0.183. The fraction of sp³-hybridized carbons (Fsp3) is 0.273. The highest BCUT2D eigenvalue weighted by atomic mass is 35.5. The lowest BCUT2D eigenvalue weighted by Gasteiger charge is -2.20. The predicted molar refractivity (Wildman–Crippen MR) is 61.9 cm³/mol. The lowest BCUT2D eigenvalue weighted by atomic mass is 9.96. The third kappa shape index (κ3) is 1.74. The smallest absolute Gasteiger partial charge is 0.101 e. The number of nitrogens with one attached hydrogen (secondary N) is 1. The van der Waals surface area contributed by atoms with Crippen molar-refractivity contribution in [3.8, 4) is 0 Å². The monoisotopic (exact) mass is 224 g/mol. The van der Waals surface area contributed by atoms with Gasteiger partial charge in [-0.15, -0.1) is 0 Å². The largest absolute Gasteiger partial charge is 0.384 e. The Bertz CT molecular complexity index is 490. The fourth-order valence-electron chi connectivity index (χ4n) is 1.65. The van der Waals surface area contributed by atoms with Crippen LogP contribution in [0.4, 0.5) is 0 Å². The maximum Gasteiger partial charge on any atom is 0.101 e. The van der Waals surface area contributed by atoms with E-state index in [4.69, 9.17) is 17.3 Å². The molecule has 1 aromatic heterocycles. The number of aromatic nitrogens is 1. The van der Waals surface area contributed by atoms with Gasteiger partial charge in [-0.3, -0.25) is 0 Å². The molecule has 0 bridgehead atoms. The van der Waals surface area contributed by atoms with Crippen molar-refractivity contribution in [3.05, 3.63) is 35.0 Å². The van der Waals surface area contributed by atoms with Crippen LogP contribution in [0.2, 0.25) is 5.02 Å². The molecule has 0 amide bonds. The highest BCUT2D eigenvalue weighted by Crippen LogP contribution is 2.29. The van der Waals surface area contributed by atoms with Crippen LogP contribution in [0.25, 0.3) is 10.9 Å². The van der Waals surface area contributed by atoms with Gasteiger partial charge in [0.15, 0.2) is 0 Å². The number of hydrogen-bond donors (Lipinski definition) is 3. The first-order valence-corrected chi connectivity index (χ1v) is 5.12. The molecule has 0 aliphatic heterocycles. The minimum Gasteiger partial charge on any atom is -0.384 e. The van der Waals surface area contributed by atoms with Crippen LogP contribution in [0.5, 0.6) is 0 Å². The molecule has 1 unspecified atom stereocenters. The molecular weight excluding hydrogens is 212 g/mol. The van der Waals surface area contributed by atoms with Crippen LogP contribution < -0.4 is 5.73 Å². The third-order valence-corrected chi connectivity index (χ3v) is 2.86. The lowest BCUT2D eigenvalue weighted by molar-refractivity contribution is 0.0684. The zero-order valence-corrected chi connectivity index (χ0v) is 9.17. The molecule has 4 heteroatoms. The van der Waals surface area contributed by atoms with Crippen molar-refractivity contribution in [1.29, 1.82) is 0 Å². The molecule has 0 spiro atoms. The van der Waals surface area contributed by atoms with Gasteiger partial charge >= 0.3 is 0 Å². The fourth-order valence-corrected chi connectivity index (χ4v) is 1.83. The molecule has 0 aliphatic carbocycles. The molecule has 3 nitrogen and oxygen atoms in total. The number of aromatic amines is 1. The summed E-state index contributed by atoms with van der Waals surface area (Å²) in [6.07, 6.45) is 1.77. The average molecular weight is 225 g/mol. The van der Waals surface area contributed by atoms with Gasteiger partial charge < -0.3 is 15.8 Å². The number of rotatable bonds is 2. The normalized spacial score (nSPS) is 15.5. The first kappa shape index (κ1) is 10.5. The van der Waals surface area contributed by atoms with Crippen LogP contribution in [0, 0.1) is 0 Å². The maximum atomic E-state index is 10.1. The van der Waals surface area contributed by atoms with E-state index < -0.39 is 5.60 Å². The Morgan fingerprint density at radius 2 is 2.27 bits per heavy atom. The summed E-state index contributed by atoms with van der Waals surface area (Å²) in [5, 5.41) is 11.7. The summed E-state index contributed by atoms with van der Waals surface area (Å²) in [5.74, 6) is 0. The molecule has 0 fully saturated rings. The maximum absolute atomic E-state index is 10.1. The molecule has 2 aromatic rings. The number of halogens is 1. The molecule has 4 N–H and O–H groups in total. The Balaban J connectivity index is 2.64. The van der Waals surface area contributed by atoms with E-state index in [1.807, 2.05) is 12.1 Å². The molecule has 0 saturated heterocycles. The SMILES string of the molecule is CC(O)(CN)c1c[nH]c2cc(Cl)ccc12. The highest BCUT2D eigenvalue weighted by Gasteiger charge is 2.24. The van der Waals surface area contributed by atoms with Gasteiger partial charge in [0.05, 0.1) is 0 Å². The summed E-state index contributed by atoms with van der Waals surface area (Å²) < 4.78 is 0. The van der Waals surface area contributed by atoms with Crippen LogP contribution in [0.15, 0.2) is 24.4 Å². The Morgan fingerprint density at radius 3 is 2.93 bits per heavy atom. The van der Waals surface area contributed by atoms with E-state index in [2.05, 4.69) is 4.98 Å². The zero-order chi connectivity index (χ0) is 11.1. The number of nitrogens with two attached hydrogens (primary N) is 1. The Labute approximate surface area is 92.9 Å². The molecule has 2 rings (SSSR count). The molecule has 1 atom stereocenters. The number of aliphatic hydroxyl groups is 1. The van der Waals surface area contributed by atoms with Crippen molar-refractivity contribution in [2.45, 2.75) is 12.5 Å². The van der Waals surface area contributed by atoms with E-state index in [9.17, 15) is 5.11 Å². The second-order valence-electron chi connectivity index (χ2n) is 3.87. The van der Waals surface area contributed by atoms with Gasteiger partial charge in [-0.05, 0) is 19.1 Å². The average Bonchev–Trinajstić information content (AvgIpc) is 2.61. The minimum atomic E-state index is -1.01. The molecule has 1 aromatic carbocycles. The second-order valence-corrected chi connectivity index (χ2v) is 4.31. The third-order valence-electron chi connectivity index (χ3n) is 2.62.